The van der Waals surface area contributed by atoms with Crippen LogP contribution in [0.2, 0.25) is 0 Å². The van der Waals surface area contributed by atoms with E-state index in [4.69, 9.17) is 4.74 Å². The lowest BCUT2D eigenvalue weighted by Crippen LogP contribution is -2.26. The number of sulfonamides is 1. The molecule has 176 valence electrons. The number of rotatable bonds is 8. The zero-order valence-corrected chi connectivity index (χ0v) is 20.2. The Labute approximate surface area is 205 Å². The number of H-pyrrole nitrogens is 1. The fraction of sp³-hybridized carbons (Fsp3) is 0.103. The van der Waals surface area contributed by atoms with E-state index in [0.717, 1.165) is 44.6 Å². The van der Waals surface area contributed by atoms with Crippen molar-refractivity contribution in [3.8, 4) is 28.1 Å². The van der Waals surface area contributed by atoms with E-state index in [2.05, 4.69) is 15.8 Å². The maximum atomic E-state index is 13.0. The molecule has 0 unspecified atom stereocenters. The normalized spacial score (nSPS) is 11.6. The third-order valence-corrected chi connectivity index (χ3v) is 7.61. The number of ether oxygens (including phenoxy) is 1. The van der Waals surface area contributed by atoms with Crippen molar-refractivity contribution in [2.75, 3.05) is 13.7 Å². The molecule has 1 aromatic heterocycles. The molecular formula is C29H26N2O3S. The van der Waals surface area contributed by atoms with Gasteiger partial charge in [-0.3, -0.25) is 0 Å². The van der Waals surface area contributed by atoms with Crippen molar-refractivity contribution < 1.29 is 13.2 Å². The number of fused-ring (bicyclic) bond motifs is 1. The van der Waals surface area contributed by atoms with Gasteiger partial charge in [-0.1, -0.05) is 60.7 Å². The van der Waals surface area contributed by atoms with Gasteiger partial charge in [0.15, 0.2) is 0 Å². The second kappa shape index (κ2) is 9.78. The molecule has 0 radical (unpaired) electrons. The fourth-order valence-corrected chi connectivity index (χ4v) is 5.35. The van der Waals surface area contributed by atoms with Gasteiger partial charge in [0.05, 0.1) is 12.0 Å². The predicted molar refractivity (Wildman–Crippen MR) is 141 cm³/mol. The van der Waals surface area contributed by atoms with Gasteiger partial charge in [-0.2, -0.15) is 0 Å². The third kappa shape index (κ3) is 4.85. The molecule has 0 fully saturated rings. The summed E-state index contributed by atoms with van der Waals surface area (Å²) in [6.07, 6.45) is 0.548. The quantitative estimate of drug-likeness (QED) is 0.284. The fourth-order valence-electron chi connectivity index (χ4n) is 4.31. The van der Waals surface area contributed by atoms with Gasteiger partial charge in [0, 0.05) is 23.1 Å². The van der Waals surface area contributed by atoms with Crippen molar-refractivity contribution in [1.82, 2.24) is 9.71 Å². The van der Waals surface area contributed by atoms with Crippen LogP contribution in [-0.4, -0.2) is 27.1 Å². The Hall–Kier alpha value is -3.87. The Kier molecular flexibility index (Phi) is 6.40. The summed E-state index contributed by atoms with van der Waals surface area (Å²) in [5.74, 6) is 0.789. The highest BCUT2D eigenvalue weighted by atomic mass is 32.2. The maximum absolute atomic E-state index is 13.0. The molecule has 0 aliphatic carbocycles. The molecular weight excluding hydrogens is 456 g/mol. The number of methoxy groups -OCH3 is 1. The van der Waals surface area contributed by atoms with Gasteiger partial charge in [-0.15, -0.1) is 0 Å². The van der Waals surface area contributed by atoms with Crippen LogP contribution in [0, 0.1) is 0 Å². The summed E-state index contributed by atoms with van der Waals surface area (Å²) in [5.41, 5.74) is 6.14. The summed E-state index contributed by atoms with van der Waals surface area (Å²) in [7, 11) is -1.99. The first-order valence-electron chi connectivity index (χ1n) is 11.4. The van der Waals surface area contributed by atoms with Crippen LogP contribution in [0.4, 0.5) is 0 Å². The van der Waals surface area contributed by atoms with Crippen LogP contribution in [-0.2, 0) is 16.4 Å². The van der Waals surface area contributed by atoms with Crippen molar-refractivity contribution >= 4 is 20.9 Å². The summed E-state index contributed by atoms with van der Waals surface area (Å²) in [6, 6.07) is 32.8. The molecule has 0 aliphatic rings. The first kappa shape index (κ1) is 22.9. The molecule has 0 saturated heterocycles. The maximum Gasteiger partial charge on any atom is 0.240 e. The van der Waals surface area contributed by atoms with E-state index in [0.29, 0.717) is 6.42 Å². The van der Waals surface area contributed by atoms with Crippen LogP contribution >= 0.6 is 0 Å². The smallest absolute Gasteiger partial charge is 0.240 e. The highest BCUT2D eigenvalue weighted by molar-refractivity contribution is 7.89. The molecule has 0 amide bonds. The summed E-state index contributed by atoms with van der Waals surface area (Å²) in [6.45, 7) is 0.285. The molecule has 6 heteroatoms. The zero-order chi connectivity index (χ0) is 24.3. The summed E-state index contributed by atoms with van der Waals surface area (Å²) in [4.78, 5) is 3.76. The Balaban J connectivity index is 1.35. The van der Waals surface area contributed by atoms with Crippen LogP contribution in [0.25, 0.3) is 33.3 Å². The van der Waals surface area contributed by atoms with Crippen molar-refractivity contribution in [2.24, 2.45) is 0 Å². The van der Waals surface area contributed by atoms with Gasteiger partial charge < -0.3 is 9.72 Å². The number of benzene rings is 4. The molecule has 5 aromatic rings. The molecule has 0 aliphatic heterocycles. The van der Waals surface area contributed by atoms with Gasteiger partial charge in [0.2, 0.25) is 10.0 Å². The lowest BCUT2D eigenvalue weighted by atomic mass is 10.0. The Morgan fingerprint density at radius 3 is 2.09 bits per heavy atom. The van der Waals surface area contributed by atoms with Crippen LogP contribution in [0.5, 0.6) is 5.75 Å². The SMILES string of the molecule is COc1ccc(-c2[nH]c3ccccc3c2CCNS(=O)(=O)c2ccc(-c3ccccc3)cc2)cc1. The number of hydrogen-bond donors (Lipinski definition) is 2. The summed E-state index contributed by atoms with van der Waals surface area (Å²) >= 11 is 0. The molecule has 2 N–H and O–H groups in total. The molecule has 1 heterocycles. The molecule has 0 atom stereocenters. The minimum atomic E-state index is -3.63. The van der Waals surface area contributed by atoms with Crippen molar-refractivity contribution in [3.05, 3.63) is 109 Å². The molecule has 0 bridgehead atoms. The summed E-state index contributed by atoms with van der Waals surface area (Å²) < 4.78 is 34.0. The Bertz CT molecular complexity index is 1540. The first-order chi connectivity index (χ1) is 17.0. The van der Waals surface area contributed by atoms with E-state index in [9.17, 15) is 8.42 Å². The van der Waals surface area contributed by atoms with E-state index in [1.807, 2.05) is 84.9 Å². The monoisotopic (exact) mass is 482 g/mol. The van der Waals surface area contributed by atoms with Crippen LogP contribution in [0.1, 0.15) is 5.56 Å². The van der Waals surface area contributed by atoms with Crippen molar-refractivity contribution in [3.63, 3.8) is 0 Å². The van der Waals surface area contributed by atoms with Crippen molar-refractivity contribution in [1.29, 1.82) is 0 Å². The average Bonchev–Trinajstić information content (AvgIpc) is 3.28. The highest BCUT2D eigenvalue weighted by Crippen LogP contribution is 2.31. The molecule has 0 saturated carbocycles. The minimum absolute atomic E-state index is 0.256. The summed E-state index contributed by atoms with van der Waals surface area (Å²) in [5, 5.41) is 1.09. The van der Waals surface area contributed by atoms with Crippen LogP contribution in [0.15, 0.2) is 108 Å². The predicted octanol–water partition coefficient (Wildman–Crippen LogP) is 6.03. The third-order valence-electron chi connectivity index (χ3n) is 6.13. The molecule has 5 nitrogen and oxygen atoms in total. The van der Waals surface area contributed by atoms with E-state index in [-0.39, 0.29) is 11.4 Å². The van der Waals surface area contributed by atoms with Crippen molar-refractivity contribution in [2.45, 2.75) is 11.3 Å². The zero-order valence-electron chi connectivity index (χ0n) is 19.4. The number of aromatic amines is 1. The van der Waals surface area contributed by atoms with Gasteiger partial charge in [-0.25, -0.2) is 13.1 Å². The van der Waals surface area contributed by atoms with Crippen LogP contribution in [0.3, 0.4) is 0 Å². The molecule has 5 rings (SSSR count). The van der Waals surface area contributed by atoms with Gasteiger partial charge in [0.1, 0.15) is 5.75 Å². The largest absolute Gasteiger partial charge is 0.497 e. The van der Waals surface area contributed by atoms with Gasteiger partial charge in [0.25, 0.3) is 0 Å². The van der Waals surface area contributed by atoms with Crippen LogP contribution < -0.4 is 9.46 Å². The Morgan fingerprint density at radius 1 is 0.743 bits per heavy atom. The number of nitrogens with one attached hydrogen (secondary N) is 2. The Morgan fingerprint density at radius 2 is 1.37 bits per heavy atom. The molecule has 35 heavy (non-hydrogen) atoms. The van der Waals surface area contributed by atoms with E-state index in [1.54, 1.807) is 19.2 Å². The lowest BCUT2D eigenvalue weighted by molar-refractivity contribution is 0.415. The lowest BCUT2D eigenvalue weighted by Gasteiger charge is -2.10. The van der Waals surface area contributed by atoms with E-state index < -0.39 is 10.0 Å². The van der Waals surface area contributed by atoms with Gasteiger partial charge in [-0.05, 0) is 71.1 Å². The molecule has 4 aromatic carbocycles. The highest BCUT2D eigenvalue weighted by Gasteiger charge is 2.17. The number of para-hydroxylation sites is 1. The van der Waals surface area contributed by atoms with E-state index in [1.165, 1.54) is 0 Å². The number of hydrogen-bond acceptors (Lipinski definition) is 3. The topological polar surface area (TPSA) is 71.2 Å². The standard InChI is InChI=1S/C29H26N2O3S/c1-34-24-15-11-23(12-16-24)29-27(26-9-5-6-10-28(26)31-29)19-20-30-35(32,33)25-17-13-22(14-18-25)21-7-3-2-4-8-21/h2-18,30-31H,19-20H2,1H3. The minimum Gasteiger partial charge on any atom is -0.497 e. The van der Waals surface area contributed by atoms with E-state index >= 15 is 0 Å². The first-order valence-corrected chi connectivity index (χ1v) is 12.9. The average molecular weight is 483 g/mol. The molecule has 0 spiro atoms. The number of aromatic nitrogens is 1. The van der Waals surface area contributed by atoms with Gasteiger partial charge >= 0.3 is 0 Å². The second-order valence-electron chi connectivity index (χ2n) is 8.29. The second-order valence-corrected chi connectivity index (χ2v) is 10.1.